The molecule has 3 heterocycles. The summed E-state index contributed by atoms with van der Waals surface area (Å²) in [5.41, 5.74) is 0.274. The maximum Gasteiger partial charge on any atom is 0.325 e. The molecule has 2 N–H and O–H groups in total. The lowest BCUT2D eigenvalue weighted by Gasteiger charge is -2.24. The third-order valence-electron chi connectivity index (χ3n) is 3.81. The SMILES string of the molecule is CC(NC(=O)c1noc2c1CN(S(=O)(=O)c1cccs1)CC2)C(=O)O. The number of carbonyl (C=O) groups excluding carboxylic acids is 1. The van der Waals surface area contributed by atoms with Crippen molar-refractivity contribution in [3.8, 4) is 0 Å². The van der Waals surface area contributed by atoms with Gasteiger partial charge in [-0.2, -0.15) is 4.31 Å². The van der Waals surface area contributed by atoms with E-state index in [1.165, 1.54) is 17.3 Å². The first-order valence-corrected chi connectivity index (χ1v) is 9.67. The van der Waals surface area contributed by atoms with E-state index in [0.29, 0.717) is 11.3 Å². The van der Waals surface area contributed by atoms with E-state index in [4.69, 9.17) is 9.63 Å². The molecule has 3 rings (SSSR count). The fourth-order valence-electron chi connectivity index (χ4n) is 2.43. The normalized spacial score (nSPS) is 16.2. The zero-order valence-corrected chi connectivity index (χ0v) is 14.8. The molecule has 134 valence electrons. The first-order chi connectivity index (χ1) is 11.8. The van der Waals surface area contributed by atoms with Gasteiger partial charge in [0.15, 0.2) is 5.69 Å². The predicted octanol–water partition coefficient (Wildman–Crippen LogP) is 0.686. The molecule has 1 atom stereocenters. The van der Waals surface area contributed by atoms with Crippen molar-refractivity contribution in [2.75, 3.05) is 6.54 Å². The van der Waals surface area contributed by atoms with Crippen LogP contribution in [0.3, 0.4) is 0 Å². The lowest BCUT2D eigenvalue weighted by molar-refractivity contribution is -0.138. The minimum atomic E-state index is -3.66. The van der Waals surface area contributed by atoms with Crippen molar-refractivity contribution in [3.05, 3.63) is 34.5 Å². The number of hydrogen-bond donors (Lipinski definition) is 2. The van der Waals surface area contributed by atoms with Crippen LogP contribution in [0.15, 0.2) is 26.2 Å². The highest BCUT2D eigenvalue weighted by atomic mass is 32.2. The molecule has 1 amide bonds. The number of nitrogens with zero attached hydrogens (tertiary/aromatic N) is 2. The summed E-state index contributed by atoms with van der Waals surface area (Å²) in [7, 11) is -3.66. The molecule has 11 heteroatoms. The standard InChI is InChI=1S/C14H15N3O6S2/c1-8(14(19)20)15-13(18)12-9-7-17(5-4-10(9)23-16-12)25(21,22)11-3-2-6-24-11/h2-3,6,8H,4-5,7H2,1H3,(H,15,18)(H,19,20). The molecule has 0 spiro atoms. The van der Waals surface area contributed by atoms with E-state index in [2.05, 4.69) is 10.5 Å². The second-order valence-electron chi connectivity index (χ2n) is 5.49. The quantitative estimate of drug-likeness (QED) is 0.774. The molecule has 0 aliphatic carbocycles. The number of carbonyl (C=O) groups is 2. The van der Waals surface area contributed by atoms with Gasteiger partial charge in [0, 0.05) is 25.1 Å². The Labute approximate surface area is 147 Å². The number of thiophene rings is 1. The average Bonchev–Trinajstić information content (AvgIpc) is 3.23. The molecule has 0 radical (unpaired) electrons. The van der Waals surface area contributed by atoms with Crippen molar-refractivity contribution in [2.45, 2.75) is 30.1 Å². The summed E-state index contributed by atoms with van der Waals surface area (Å²) in [6, 6.07) is 2.07. The van der Waals surface area contributed by atoms with Gasteiger partial charge in [0.2, 0.25) is 0 Å². The van der Waals surface area contributed by atoms with Gasteiger partial charge in [0.05, 0.1) is 0 Å². The molecule has 25 heavy (non-hydrogen) atoms. The summed E-state index contributed by atoms with van der Waals surface area (Å²) in [6.07, 6.45) is 0.286. The third kappa shape index (κ3) is 3.30. The number of nitrogens with one attached hydrogen (secondary N) is 1. The number of carboxylic acids is 1. The maximum absolute atomic E-state index is 12.6. The van der Waals surface area contributed by atoms with Crippen molar-refractivity contribution in [3.63, 3.8) is 0 Å². The van der Waals surface area contributed by atoms with Gasteiger partial charge in [-0.3, -0.25) is 9.59 Å². The van der Waals surface area contributed by atoms with Crippen LogP contribution in [-0.2, 0) is 27.8 Å². The molecule has 0 aromatic carbocycles. The number of sulfonamides is 1. The molecule has 1 aliphatic heterocycles. The Bertz CT molecular complexity index is 903. The van der Waals surface area contributed by atoms with E-state index in [1.54, 1.807) is 11.4 Å². The van der Waals surface area contributed by atoms with Crippen LogP contribution in [0.4, 0.5) is 0 Å². The van der Waals surface area contributed by atoms with Gasteiger partial charge in [0.1, 0.15) is 16.0 Å². The zero-order valence-electron chi connectivity index (χ0n) is 13.1. The predicted molar refractivity (Wildman–Crippen MR) is 86.7 cm³/mol. The Morgan fingerprint density at radius 3 is 2.88 bits per heavy atom. The molecule has 0 bridgehead atoms. The highest BCUT2D eigenvalue weighted by molar-refractivity contribution is 7.91. The number of rotatable bonds is 5. The number of amides is 1. The van der Waals surface area contributed by atoms with Crippen LogP contribution in [0.1, 0.15) is 28.7 Å². The molecular formula is C14H15N3O6S2. The maximum atomic E-state index is 12.6. The van der Waals surface area contributed by atoms with Gasteiger partial charge < -0.3 is 14.9 Å². The van der Waals surface area contributed by atoms with Crippen molar-refractivity contribution < 1.29 is 27.6 Å². The molecule has 0 saturated carbocycles. The Hall–Kier alpha value is -2.24. The first-order valence-electron chi connectivity index (χ1n) is 7.35. The summed E-state index contributed by atoms with van der Waals surface area (Å²) in [5, 5.41) is 16.5. The van der Waals surface area contributed by atoms with Crippen LogP contribution in [0.5, 0.6) is 0 Å². The van der Waals surface area contributed by atoms with Crippen LogP contribution >= 0.6 is 11.3 Å². The van der Waals surface area contributed by atoms with Gasteiger partial charge >= 0.3 is 5.97 Å². The number of hydrogen-bond acceptors (Lipinski definition) is 7. The van der Waals surface area contributed by atoms with Gasteiger partial charge in [0.25, 0.3) is 15.9 Å². The highest BCUT2D eigenvalue weighted by Crippen LogP contribution is 2.28. The van der Waals surface area contributed by atoms with Crippen molar-refractivity contribution in [1.29, 1.82) is 0 Å². The lowest BCUT2D eigenvalue weighted by Crippen LogP contribution is -2.40. The number of carboxylic acid groups (broad SMARTS) is 1. The number of aromatic nitrogens is 1. The van der Waals surface area contributed by atoms with E-state index in [0.717, 1.165) is 11.3 Å². The topological polar surface area (TPSA) is 130 Å². The molecule has 0 fully saturated rings. The largest absolute Gasteiger partial charge is 0.480 e. The van der Waals surface area contributed by atoms with Crippen LogP contribution < -0.4 is 5.32 Å². The second kappa shape index (κ2) is 6.58. The van der Waals surface area contributed by atoms with E-state index in [1.807, 2.05) is 0 Å². The minimum Gasteiger partial charge on any atom is -0.480 e. The molecule has 1 unspecified atom stereocenters. The lowest BCUT2D eigenvalue weighted by atomic mass is 10.1. The monoisotopic (exact) mass is 385 g/mol. The molecule has 2 aromatic rings. The highest BCUT2D eigenvalue weighted by Gasteiger charge is 2.34. The van der Waals surface area contributed by atoms with Crippen LogP contribution in [0.2, 0.25) is 0 Å². The molecule has 2 aromatic heterocycles. The Morgan fingerprint density at radius 1 is 1.48 bits per heavy atom. The fraction of sp³-hybridized carbons (Fsp3) is 0.357. The van der Waals surface area contributed by atoms with E-state index < -0.39 is 27.9 Å². The molecule has 1 aliphatic rings. The van der Waals surface area contributed by atoms with Crippen LogP contribution in [0, 0.1) is 0 Å². The Kier molecular flexibility index (Phi) is 4.62. The first kappa shape index (κ1) is 17.6. The fourth-order valence-corrected chi connectivity index (χ4v) is 4.99. The van der Waals surface area contributed by atoms with E-state index in [9.17, 15) is 18.0 Å². The molecule has 0 saturated heterocycles. The van der Waals surface area contributed by atoms with Crippen LogP contribution in [-0.4, -0.2) is 47.4 Å². The smallest absolute Gasteiger partial charge is 0.325 e. The van der Waals surface area contributed by atoms with Gasteiger partial charge in [-0.25, -0.2) is 8.42 Å². The van der Waals surface area contributed by atoms with Gasteiger partial charge in [-0.1, -0.05) is 11.2 Å². The minimum absolute atomic E-state index is 0.0523. The molecular weight excluding hydrogens is 370 g/mol. The van der Waals surface area contributed by atoms with E-state index in [-0.39, 0.29) is 29.4 Å². The van der Waals surface area contributed by atoms with E-state index >= 15 is 0 Å². The summed E-state index contributed by atoms with van der Waals surface area (Å²) in [5.74, 6) is -1.46. The van der Waals surface area contributed by atoms with Gasteiger partial charge in [-0.05, 0) is 18.4 Å². The zero-order chi connectivity index (χ0) is 18.2. The number of aliphatic carboxylic acids is 1. The number of fused-ring (bicyclic) bond motifs is 1. The summed E-state index contributed by atoms with van der Waals surface area (Å²) in [4.78, 5) is 23.1. The van der Waals surface area contributed by atoms with Crippen molar-refractivity contribution >= 4 is 33.2 Å². The summed E-state index contributed by atoms with van der Waals surface area (Å²) >= 11 is 1.12. The van der Waals surface area contributed by atoms with Crippen LogP contribution in [0.25, 0.3) is 0 Å². The Balaban J connectivity index is 1.85. The molecule has 9 nitrogen and oxygen atoms in total. The summed E-state index contributed by atoms with van der Waals surface area (Å²) in [6.45, 7) is 1.48. The average molecular weight is 385 g/mol. The van der Waals surface area contributed by atoms with Crippen molar-refractivity contribution in [1.82, 2.24) is 14.8 Å². The third-order valence-corrected chi connectivity index (χ3v) is 7.03. The second-order valence-corrected chi connectivity index (χ2v) is 8.60. The van der Waals surface area contributed by atoms with Gasteiger partial charge in [-0.15, -0.1) is 11.3 Å². The van der Waals surface area contributed by atoms with Crippen molar-refractivity contribution in [2.24, 2.45) is 0 Å². The Morgan fingerprint density at radius 2 is 2.24 bits per heavy atom. The summed E-state index contributed by atoms with van der Waals surface area (Å²) < 4.78 is 31.9.